The molecule has 11 aromatic rings. The highest BCUT2D eigenvalue weighted by molar-refractivity contribution is 7.25. The topological polar surface area (TPSA) is 42.4 Å². The van der Waals surface area contributed by atoms with E-state index in [-0.39, 0.29) is 0 Å². The molecule has 0 radical (unpaired) electrons. The average molecular weight is 711 g/mol. The Balaban J connectivity index is 1.02. The minimum absolute atomic E-state index is 0.576. The first-order valence-electron chi connectivity index (χ1n) is 18.0. The summed E-state index contributed by atoms with van der Waals surface area (Å²) in [7, 11) is 0. The molecule has 0 fully saturated rings. The number of oxazole rings is 1. The molecule has 54 heavy (non-hydrogen) atoms. The van der Waals surface area contributed by atoms with Gasteiger partial charge in [0.2, 0.25) is 5.89 Å². The zero-order chi connectivity index (χ0) is 35.6. The Labute approximate surface area is 314 Å². The predicted octanol–water partition coefficient (Wildman–Crippen LogP) is 14.6. The molecule has 0 aliphatic rings. The van der Waals surface area contributed by atoms with E-state index < -0.39 is 0 Å². The monoisotopic (exact) mass is 710 g/mol. The molecule has 0 saturated heterocycles. The Bertz CT molecular complexity index is 3170. The van der Waals surface area contributed by atoms with Crippen LogP contribution in [0.5, 0.6) is 0 Å². The van der Waals surface area contributed by atoms with Crippen molar-refractivity contribution < 1.29 is 8.83 Å². The van der Waals surface area contributed by atoms with Gasteiger partial charge in [0.05, 0.1) is 0 Å². The quantitative estimate of drug-likeness (QED) is 0.172. The third-order valence-corrected chi connectivity index (χ3v) is 11.5. The fourth-order valence-corrected chi connectivity index (χ4v) is 8.93. The van der Waals surface area contributed by atoms with E-state index in [4.69, 9.17) is 13.8 Å². The number of nitrogens with zero attached hydrogens (tertiary/aromatic N) is 2. The fraction of sp³-hybridized carbons (Fsp3) is 0. The highest BCUT2D eigenvalue weighted by Crippen LogP contribution is 2.43. The second kappa shape index (κ2) is 12.3. The van der Waals surface area contributed by atoms with Crippen molar-refractivity contribution in [3.8, 4) is 33.7 Å². The molecule has 0 aliphatic heterocycles. The lowest BCUT2D eigenvalue weighted by atomic mass is 10.0. The molecule has 0 saturated carbocycles. The highest BCUT2D eigenvalue weighted by atomic mass is 32.1. The Kier molecular flexibility index (Phi) is 7.00. The molecule has 0 atom stereocenters. The van der Waals surface area contributed by atoms with Gasteiger partial charge in [0.15, 0.2) is 5.58 Å². The minimum atomic E-state index is 0.576. The molecule has 3 heterocycles. The van der Waals surface area contributed by atoms with E-state index in [1.54, 1.807) is 0 Å². The summed E-state index contributed by atoms with van der Waals surface area (Å²) in [6, 6.07) is 63.9. The Hall–Kier alpha value is -6.95. The lowest BCUT2D eigenvalue weighted by molar-refractivity contribution is 0.621. The molecule has 254 valence electrons. The van der Waals surface area contributed by atoms with Crippen molar-refractivity contribution in [3.63, 3.8) is 0 Å². The molecule has 3 aromatic heterocycles. The second-order valence-corrected chi connectivity index (χ2v) is 14.6. The Morgan fingerprint density at radius 2 is 1.11 bits per heavy atom. The van der Waals surface area contributed by atoms with Crippen LogP contribution in [-0.4, -0.2) is 4.98 Å². The predicted molar refractivity (Wildman–Crippen MR) is 225 cm³/mol. The summed E-state index contributed by atoms with van der Waals surface area (Å²) in [5.74, 6) is 0.576. The maximum Gasteiger partial charge on any atom is 0.228 e. The maximum absolute atomic E-state index is 6.64. The summed E-state index contributed by atoms with van der Waals surface area (Å²) in [5, 5.41) is 4.64. The van der Waals surface area contributed by atoms with Gasteiger partial charge in [-0.3, -0.25) is 0 Å². The summed E-state index contributed by atoms with van der Waals surface area (Å²) in [4.78, 5) is 7.34. The van der Waals surface area contributed by atoms with E-state index in [2.05, 4.69) is 144 Å². The molecular weight excluding hydrogens is 681 g/mol. The fourth-order valence-electron chi connectivity index (χ4n) is 7.79. The zero-order valence-electron chi connectivity index (χ0n) is 28.9. The van der Waals surface area contributed by atoms with E-state index in [9.17, 15) is 0 Å². The van der Waals surface area contributed by atoms with Crippen molar-refractivity contribution >= 4 is 81.6 Å². The average Bonchev–Trinajstić information content (AvgIpc) is 3.95. The van der Waals surface area contributed by atoms with Crippen LogP contribution in [0.1, 0.15) is 0 Å². The lowest BCUT2D eigenvalue weighted by Gasteiger charge is -2.26. The first-order valence-corrected chi connectivity index (χ1v) is 18.8. The van der Waals surface area contributed by atoms with Crippen LogP contribution in [0.3, 0.4) is 0 Å². The SMILES string of the molecule is c1ccc(-c2cccc(N(c3ccc(-c4cccc5nc(-c6cccc7oc8ccccc8c67)oc45)cc3)c3ccc4c(c3)sc3ccccc34)c2)cc1. The number of aromatic nitrogens is 1. The van der Waals surface area contributed by atoms with Crippen molar-refractivity contribution in [1.82, 2.24) is 4.98 Å². The zero-order valence-corrected chi connectivity index (χ0v) is 29.8. The van der Waals surface area contributed by atoms with Crippen molar-refractivity contribution in [1.29, 1.82) is 0 Å². The molecule has 0 spiro atoms. The number of hydrogen-bond donors (Lipinski definition) is 0. The molecule has 0 unspecified atom stereocenters. The van der Waals surface area contributed by atoms with Gasteiger partial charge in [-0.2, -0.15) is 0 Å². The highest BCUT2D eigenvalue weighted by Gasteiger charge is 2.20. The normalized spacial score (nSPS) is 11.7. The first-order chi connectivity index (χ1) is 26.7. The molecule has 11 rings (SSSR count). The summed E-state index contributed by atoms with van der Waals surface area (Å²) in [6.07, 6.45) is 0. The van der Waals surface area contributed by atoms with E-state index in [0.717, 1.165) is 66.8 Å². The van der Waals surface area contributed by atoms with Crippen LogP contribution in [0, 0.1) is 0 Å². The maximum atomic E-state index is 6.64. The number of fused-ring (bicyclic) bond motifs is 7. The van der Waals surface area contributed by atoms with Crippen molar-refractivity contribution in [2.75, 3.05) is 4.90 Å². The summed E-state index contributed by atoms with van der Waals surface area (Å²) in [6.45, 7) is 0. The van der Waals surface area contributed by atoms with Gasteiger partial charge in [-0.1, -0.05) is 115 Å². The number of rotatable bonds is 6. The van der Waals surface area contributed by atoms with Crippen LogP contribution in [0.25, 0.3) is 86.9 Å². The summed E-state index contributed by atoms with van der Waals surface area (Å²) < 4.78 is 15.4. The number of thiophene rings is 1. The lowest BCUT2D eigenvalue weighted by Crippen LogP contribution is -2.09. The van der Waals surface area contributed by atoms with Gasteiger partial charge in [0.1, 0.15) is 16.7 Å². The van der Waals surface area contributed by atoms with E-state index in [1.807, 2.05) is 53.8 Å². The van der Waals surface area contributed by atoms with E-state index in [0.29, 0.717) is 5.89 Å². The summed E-state index contributed by atoms with van der Waals surface area (Å²) >= 11 is 1.84. The second-order valence-electron chi connectivity index (χ2n) is 13.5. The smallest absolute Gasteiger partial charge is 0.228 e. The molecule has 4 nitrogen and oxygen atoms in total. The Morgan fingerprint density at radius 3 is 2.02 bits per heavy atom. The number of benzene rings is 8. The van der Waals surface area contributed by atoms with Crippen LogP contribution in [0.4, 0.5) is 17.1 Å². The molecule has 0 amide bonds. The van der Waals surface area contributed by atoms with Crippen LogP contribution < -0.4 is 4.90 Å². The molecule has 0 aliphatic carbocycles. The van der Waals surface area contributed by atoms with Gasteiger partial charge in [0.25, 0.3) is 0 Å². The van der Waals surface area contributed by atoms with Crippen LogP contribution in [0.15, 0.2) is 191 Å². The molecule has 0 N–H and O–H groups in total. The van der Waals surface area contributed by atoms with Gasteiger partial charge in [-0.05, 0) is 83.4 Å². The Morgan fingerprint density at radius 1 is 0.426 bits per heavy atom. The van der Waals surface area contributed by atoms with Crippen LogP contribution >= 0.6 is 11.3 Å². The van der Waals surface area contributed by atoms with Crippen LogP contribution in [0.2, 0.25) is 0 Å². The van der Waals surface area contributed by atoms with E-state index in [1.165, 1.54) is 31.3 Å². The van der Waals surface area contributed by atoms with Crippen LogP contribution in [-0.2, 0) is 0 Å². The van der Waals surface area contributed by atoms with Gasteiger partial charge in [0, 0.05) is 59.1 Å². The number of hydrogen-bond acceptors (Lipinski definition) is 5. The minimum Gasteiger partial charge on any atom is -0.456 e. The first kappa shape index (κ1) is 30.7. The third kappa shape index (κ3) is 5.01. The van der Waals surface area contributed by atoms with Gasteiger partial charge >= 0.3 is 0 Å². The standard InChI is InChI=1S/C49H30N2O2S/c1-2-11-31(12-3-1)33-13-8-14-35(29-33)51(36-27-28-39-38-15-5-7-22-45(38)54-46(39)30-36)34-25-23-32(24-26-34)37-17-9-19-42-48(37)53-49(50-42)41-18-10-21-44-47(41)40-16-4-6-20-43(40)52-44/h1-30H. The number of furan rings is 1. The largest absolute Gasteiger partial charge is 0.456 e. The number of anilines is 3. The van der Waals surface area contributed by atoms with Crippen molar-refractivity contribution in [2.24, 2.45) is 0 Å². The van der Waals surface area contributed by atoms with Gasteiger partial charge in [-0.25, -0.2) is 4.98 Å². The molecule has 0 bridgehead atoms. The molecule has 8 aromatic carbocycles. The molecule has 5 heteroatoms. The van der Waals surface area contributed by atoms with Crippen molar-refractivity contribution in [2.45, 2.75) is 0 Å². The third-order valence-electron chi connectivity index (χ3n) is 10.3. The van der Waals surface area contributed by atoms with Crippen molar-refractivity contribution in [3.05, 3.63) is 182 Å². The van der Waals surface area contributed by atoms with E-state index >= 15 is 0 Å². The molecular formula is C49H30N2O2S. The number of para-hydroxylation sites is 2. The van der Waals surface area contributed by atoms with Gasteiger partial charge < -0.3 is 13.7 Å². The summed E-state index contributed by atoms with van der Waals surface area (Å²) in [5.41, 5.74) is 11.8. The van der Waals surface area contributed by atoms with Gasteiger partial charge in [-0.15, -0.1) is 11.3 Å².